The zero-order valence-electron chi connectivity index (χ0n) is 15.6. The molecule has 4 rings (SSSR count). The summed E-state index contributed by atoms with van der Waals surface area (Å²) in [4.78, 5) is 0. The Morgan fingerprint density at radius 3 is 2.79 bits per heavy atom. The minimum atomic E-state index is -0.355. The van der Waals surface area contributed by atoms with E-state index in [-0.39, 0.29) is 18.5 Å². The third-order valence-corrected chi connectivity index (χ3v) is 5.48. The van der Waals surface area contributed by atoms with Gasteiger partial charge in [0.2, 0.25) is 0 Å². The fraction of sp³-hybridized carbons (Fsp3) is 0.304. The number of hydrogen-bond donors (Lipinski definition) is 1. The number of ether oxygens (including phenoxy) is 2. The highest BCUT2D eigenvalue weighted by atomic mass is 35.5. The molecule has 0 saturated carbocycles. The number of hydrogen-bond acceptors (Lipinski definition) is 3. The van der Waals surface area contributed by atoms with Crippen LogP contribution in [0.4, 0.5) is 4.39 Å². The lowest BCUT2D eigenvalue weighted by molar-refractivity contribution is 0.110. The Kier molecular flexibility index (Phi) is 6.10. The number of fused-ring (bicyclic) bond motifs is 1. The molecule has 0 bridgehead atoms. The van der Waals surface area contributed by atoms with Crippen LogP contribution in [0, 0.1) is 5.82 Å². The molecule has 1 heterocycles. The van der Waals surface area contributed by atoms with Gasteiger partial charge in [-0.15, -0.1) is 0 Å². The van der Waals surface area contributed by atoms with Gasteiger partial charge in [-0.25, -0.2) is 4.39 Å². The van der Waals surface area contributed by atoms with Crippen LogP contribution in [0.3, 0.4) is 0 Å². The molecular weight excluding hydrogens is 377 g/mol. The van der Waals surface area contributed by atoms with Crippen LogP contribution in [-0.2, 0) is 17.9 Å². The second-order valence-electron chi connectivity index (χ2n) is 7.02. The van der Waals surface area contributed by atoms with E-state index in [1.807, 2.05) is 24.3 Å². The topological polar surface area (TPSA) is 30.5 Å². The lowest BCUT2D eigenvalue weighted by Gasteiger charge is -2.17. The monoisotopic (exact) mass is 399 g/mol. The van der Waals surface area contributed by atoms with Crippen molar-refractivity contribution >= 4 is 22.4 Å². The van der Waals surface area contributed by atoms with Gasteiger partial charge in [-0.05, 0) is 41.8 Å². The first-order chi connectivity index (χ1) is 13.7. The zero-order chi connectivity index (χ0) is 19.3. The maximum atomic E-state index is 14.1. The predicted octanol–water partition coefficient (Wildman–Crippen LogP) is 5.48. The first-order valence-corrected chi connectivity index (χ1v) is 9.99. The van der Waals surface area contributed by atoms with Crippen molar-refractivity contribution in [2.24, 2.45) is 0 Å². The van der Waals surface area contributed by atoms with Gasteiger partial charge in [0.1, 0.15) is 18.2 Å². The van der Waals surface area contributed by atoms with Gasteiger partial charge in [0, 0.05) is 30.8 Å². The van der Waals surface area contributed by atoms with Crippen molar-refractivity contribution in [2.45, 2.75) is 32.1 Å². The molecule has 1 atom stereocenters. The van der Waals surface area contributed by atoms with Crippen LogP contribution in [-0.4, -0.2) is 19.3 Å². The molecule has 5 heteroatoms. The predicted molar refractivity (Wildman–Crippen MR) is 110 cm³/mol. The summed E-state index contributed by atoms with van der Waals surface area (Å²) in [6.45, 7) is 2.39. The number of nitrogens with one attached hydrogen (secondary N) is 1. The molecular formula is C23H23ClFNO2. The molecule has 0 spiro atoms. The molecule has 1 aliphatic heterocycles. The lowest BCUT2D eigenvalue weighted by atomic mass is 10.0. The van der Waals surface area contributed by atoms with Crippen LogP contribution in [0.2, 0.25) is 5.02 Å². The summed E-state index contributed by atoms with van der Waals surface area (Å²) < 4.78 is 25.8. The number of benzene rings is 3. The third kappa shape index (κ3) is 4.30. The van der Waals surface area contributed by atoms with E-state index in [9.17, 15) is 4.39 Å². The highest BCUT2D eigenvalue weighted by Crippen LogP contribution is 2.30. The van der Waals surface area contributed by atoms with Gasteiger partial charge < -0.3 is 14.8 Å². The number of halogens is 2. The smallest absolute Gasteiger partial charge is 0.131 e. The molecule has 3 nitrogen and oxygen atoms in total. The van der Waals surface area contributed by atoms with Crippen LogP contribution in [0.25, 0.3) is 10.8 Å². The maximum Gasteiger partial charge on any atom is 0.131 e. The second-order valence-corrected chi connectivity index (χ2v) is 7.43. The van der Waals surface area contributed by atoms with Gasteiger partial charge in [-0.3, -0.25) is 0 Å². The normalized spacial score (nSPS) is 16.6. The molecule has 0 aliphatic carbocycles. The first-order valence-electron chi connectivity index (χ1n) is 9.61. The van der Waals surface area contributed by atoms with Gasteiger partial charge >= 0.3 is 0 Å². The molecule has 0 aromatic heterocycles. The highest BCUT2D eigenvalue weighted by Gasteiger charge is 2.16. The van der Waals surface area contributed by atoms with Crippen molar-refractivity contribution in [3.05, 3.63) is 76.6 Å². The van der Waals surface area contributed by atoms with Crippen molar-refractivity contribution in [3.8, 4) is 5.75 Å². The molecule has 0 radical (unpaired) electrons. The van der Waals surface area contributed by atoms with E-state index in [1.54, 1.807) is 12.1 Å². The molecule has 3 aromatic carbocycles. The Morgan fingerprint density at radius 2 is 1.96 bits per heavy atom. The largest absolute Gasteiger partial charge is 0.488 e. The fourth-order valence-electron chi connectivity index (χ4n) is 3.62. The summed E-state index contributed by atoms with van der Waals surface area (Å²) in [7, 11) is 0. The van der Waals surface area contributed by atoms with E-state index in [2.05, 4.69) is 17.4 Å². The van der Waals surface area contributed by atoms with Crippen molar-refractivity contribution < 1.29 is 13.9 Å². The lowest BCUT2D eigenvalue weighted by Crippen LogP contribution is -2.26. The third-order valence-electron chi connectivity index (χ3n) is 5.13. The second kappa shape index (κ2) is 8.91. The number of rotatable bonds is 7. The average Bonchev–Trinajstić information content (AvgIpc) is 3.22. The minimum Gasteiger partial charge on any atom is -0.488 e. The Morgan fingerprint density at radius 1 is 1.07 bits per heavy atom. The van der Waals surface area contributed by atoms with Crippen LogP contribution in [0.5, 0.6) is 5.75 Å². The van der Waals surface area contributed by atoms with Crippen LogP contribution < -0.4 is 10.1 Å². The molecule has 3 aromatic rings. The fourth-order valence-corrected chi connectivity index (χ4v) is 3.83. The first kappa shape index (κ1) is 19.2. The average molecular weight is 400 g/mol. The van der Waals surface area contributed by atoms with Gasteiger partial charge in [0.25, 0.3) is 0 Å². The zero-order valence-corrected chi connectivity index (χ0v) is 16.3. The summed E-state index contributed by atoms with van der Waals surface area (Å²) in [5, 5.41) is 6.14. The van der Waals surface area contributed by atoms with Gasteiger partial charge in [0.15, 0.2) is 0 Å². The summed E-state index contributed by atoms with van der Waals surface area (Å²) in [6.07, 6.45) is 2.49. The van der Waals surface area contributed by atoms with Gasteiger partial charge in [-0.1, -0.05) is 48.0 Å². The summed E-state index contributed by atoms with van der Waals surface area (Å²) in [5.41, 5.74) is 1.43. The van der Waals surface area contributed by atoms with E-state index in [1.165, 1.54) is 6.07 Å². The van der Waals surface area contributed by atoms with Crippen LogP contribution in [0.15, 0.2) is 54.6 Å². The molecule has 1 saturated heterocycles. The molecule has 1 fully saturated rings. The summed E-state index contributed by atoms with van der Waals surface area (Å²) in [5.74, 6) is 0.379. The molecule has 28 heavy (non-hydrogen) atoms. The Balaban J connectivity index is 1.56. The maximum absolute atomic E-state index is 14.1. The van der Waals surface area contributed by atoms with Crippen molar-refractivity contribution in [2.75, 3.05) is 13.2 Å². The van der Waals surface area contributed by atoms with E-state index in [4.69, 9.17) is 21.1 Å². The van der Waals surface area contributed by atoms with Crippen molar-refractivity contribution in [1.82, 2.24) is 5.32 Å². The quantitative estimate of drug-likeness (QED) is 0.570. The standard InChI is InChI=1S/C23H23ClFNO2/c24-21-8-3-9-22(25)20(21)15-28-23-11-10-16-5-1-2-7-18(16)19(23)14-26-13-17-6-4-12-27-17/h1-3,5,7-11,17,26H,4,6,12-15H2/t17-/m0/s1. The van der Waals surface area contributed by atoms with Gasteiger partial charge in [0.05, 0.1) is 11.1 Å². The SMILES string of the molecule is Fc1cccc(Cl)c1COc1ccc2ccccc2c1CNC[C@@H]1CCCO1. The Bertz CT molecular complexity index is 936. The van der Waals surface area contributed by atoms with E-state index in [0.717, 1.165) is 48.1 Å². The van der Waals surface area contributed by atoms with Crippen molar-refractivity contribution in [3.63, 3.8) is 0 Å². The van der Waals surface area contributed by atoms with E-state index < -0.39 is 0 Å². The summed E-state index contributed by atoms with van der Waals surface area (Å²) >= 11 is 6.14. The highest BCUT2D eigenvalue weighted by molar-refractivity contribution is 6.31. The van der Waals surface area contributed by atoms with Crippen LogP contribution in [0.1, 0.15) is 24.0 Å². The summed E-state index contributed by atoms with van der Waals surface area (Å²) in [6, 6.07) is 16.8. The van der Waals surface area contributed by atoms with Crippen molar-refractivity contribution in [1.29, 1.82) is 0 Å². The molecule has 0 unspecified atom stereocenters. The Hall–Kier alpha value is -2.14. The van der Waals surface area contributed by atoms with E-state index >= 15 is 0 Å². The molecule has 1 N–H and O–H groups in total. The van der Waals surface area contributed by atoms with Gasteiger partial charge in [-0.2, -0.15) is 0 Å². The van der Waals surface area contributed by atoms with Crippen LogP contribution >= 0.6 is 11.6 Å². The minimum absolute atomic E-state index is 0.0859. The molecule has 0 amide bonds. The Labute approximate surface area is 169 Å². The van der Waals surface area contributed by atoms with E-state index in [0.29, 0.717) is 17.1 Å². The molecule has 1 aliphatic rings. The molecule has 146 valence electrons.